The highest BCUT2D eigenvalue weighted by Gasteiger charge is 2.46. The van der Waals surface area contributed by atoms with Gasteiger partial charge in [-0.2, -0.15) is 0 Å². The van der Waals surface area contributed by atoms with Crippen LogP contribution in [0.3, 0.4) is 0 Å². The molecule has 88 valence electrons. The lowest BCUT2D eigenvalue weighted by Gasteiger charge is -2.39. The first-order chi connectivity index (χ1) is 7.03. The zero-order valence-corrected chi connectivity index (χ0v) is 10.4. The summed E-state index contributed by atoms with van der Waals surface area (Å²) in [5.74, 6) is 0. The Bertz CT molecular complexity index is 232. The van der Waals surface area contributed by atoms with E-state index in [4.69, 9.17) is 4.74 Å². The number of ether oxygens (including phenoxy) is 1. The molecular formula is C12H24N2O. The third-order valence-corrected chi connectivity index (χ3v) is 3.78. The van der Waals surface area contributed by atoms with Gasteiger partial charge in [0, 0.05) is 12.6 Å². The fourth-order valence-electron chi connectivity index (χ4n) is 3.04. The van der Waals surface area contributed by atoms with Crippen molar-refractivity contribution in [3.63, 3.8) is 0 Å². The van der Waals surface area contributed by atoms with Crippen LogP contribution < -0.4 is 5.32 Å². The Kier molecular flexibility index (Phi) is 3.06. The van der Waals surface area contributed by atoms with E-state index >= 15 is 0 Å². The largest absolute Gasteiger partial charge is 0.355 e. The summed E-state index contributed by atoms with van der Waals surface area (Å²) >= 11 is 0. The quantitative estimate of drug-likeness (QED) is 0.752. The molecule has 3 heteroatoms. The Morgan fingerprint density at radius 3 is 2.73 bits per heavy atom. The van der Waals surface area contributed by atoms with E-state index in [0.717, 1.165) is 6.54 Å². The summed E-state index contributed by atoms with van der Waals surface area (Å²) in [5, 5.41) is 3.55. The fraction of sp³-hybridized carbons (Fsp3) is 1.00. The van der Waals surface area contributed by atoms with Gasteiger partial charge in [-0.1, -0.05) is 0 Å². The predicted octanol–water partition coefficient (Wildman–Crippen LogP) is 1.58. The van der Waals surface area contributed by atoms with E-state index < -0.39 is 0 Å². The highest BCUT2D eigenvalue weighted by Crippen LogP contribution is 2.32. The zero-order valence-electron chi connectivity index (χ0n) is 10.4. The van der Waals surface area contributed by atoms with Crippen molar-refractivity contribution in [2.24, 2.45) is 0 Å². The molecule has 15 heavy (non-hydrogen) atoms. The molecule has 3 atom stereocenters. The molecule has 2 fully saturated rings. The van der Waals surface area contributed by atoms with Gasteiger partial charge in [0.25, 0.3) is 0 Å². The number of nitrogens with zero attached hydrogens (tertiary/aromatic N) is 1. The molecule has 2 saturated heterocycles. The molecule has 0 bridgehead atoms. The summed E-state index contributed by atoms with van der Waals surface area (Å²) in [5.41, 5.74) is -0.125. The van der Waals surface area contributed by atoms with Crippen LogP contribution in [0.2, 0.25) is 0 Å². The van der Waals surface area contributed by atoms with Crippen LogP contribution >= 0.6 is 0 Å². The molecule has 0 aliphatic carbocycles. The van der Waals surface area contributed by atoms with Crippen LogP contribution in [0.15, 0.2) is 0 Å². The molecule has 0 amide bonds. The molecule has 0 aromatic rings. The first-order valence-corrected chi connectivity index (χ1v) is 6.21. The van der Waals surface area contributed by atoms with Gasteiger partial charge in [0.1, 0.15) is 5.72 Å². The summed E-state index contributed by atoms with van der Waals surface area (Å²) in [6, 6.07) is 1.16. The lowest BCUT2D eigenvalue weighted by molar-refractivity contribution is -0.0843. The Hall–Kier alpha value is -0.120. The molecule has 2 heterocycles. The van der Waals surface area contributed by atoms with E-state index in [9.17, 15) is 0 Å². The molecule has 3 unspecified atom stereocenters. The van der Waals surface area contributed by atoms with Crippen LogP contribution in [0, 0.1) is 0 Å². The van der Waals surface area contributed by atoms with Gasteiger partial charge in [0.2, 0.25) is 0 Å². The Balaban J connectivity index is 2.09. The van der Waals surface area contributed by atoms with Crippen molar-refractivity contribution < 1.29 is 4.74 Å². The maximum Gasteiger partial charge on any atom is 0.132 e. The summed E-state index contributed by atoms with van der Waals surface area (Å²) in [6.07, 6.45) is 2.91. The van der Waals surface area contributed by atoms with Crippen molar-refractivity contribution in [3.8, 4) is 0 Å². The number of hydrogen-bond donors (Lipinski definition) is 1. The number of hydrogen-bond acceptors (Lipinski definition) is 3. The summed E-state index contributed by atoms with van der Waals surface area (Å²) in [6.45, 7) is 11.1. The molecule has 0 aromatic carbocycles. The van der Waals surface area contributed by atoms with E-state index in [-0.39, 0.29) is 5.72 Å². The van der Waals surface area contributed by atoms with Gasteiger partial charge in [0.05, 0.1) is 12.1 Å². The van der Waals surface area contributed by atoms with Gasteiger partial charge in [0.15, 0.2) is 0 Å². The monoisotopic (exact) mass is 212 g/mol. The zero-order chi connectivity index (χ0) is 11.1. The average molecular weight is 212 g/mol. The molecule has 2 aliphatic heterocycles. The van der Waals surface area contributed by atoms with E-state index in [1.165, 1.54) is 19.4 Å². The third kappa shape index (κ3) is 2.05. The topological polar surface area (TPSA) is 24.5 Å². The second-order valence-corrected chi connectivity index (χ2v) is 5.41. The van der Waals surface area contributed by atoms with E-state index in [0.29, 0.717) is 18.2 Å². The molecule has 0 spiro atoms. The molecule has 0 aromatic heterocycles. The number of rotatable bonds is 2. The highest BCUT2D eigenvalue weighted by molar-refractivity contribution is 4.98. The van der Waals surface area contributed by atoms with Crippen LogP contribution in [0.5, 0.6) is 0 Å². The molecule has 2 aliphatic rings. The second-order valence-electron chi connectivity index (χ2n) is 5.41. The molecular weight excluding hydrogens is 188 g/mol. The summed E-state index contributed by atoms with van der Waals surface area (Å²) in [7, 11) is 0. The molecule has 2 rings (SSSR count). The van der Waals surface area contributed by atoms with Gasteiger partial charge in [-0.3, -0.25) is 10.2 Å². The minimum absolute atomic E-state index is 0.125. The SMILES string of the molecule is CC1CNC(C)(C2CCCN2C(C)C)O1. The van der Waals surface area contributed by atoms with E-state index in [1.54, 1.807) is 0 Å². The van der Waals surface area contributed by atoms with Gasteiger partial charge >= 0.3 is 0 Å². The van der Waals surface area contributed by atoms with Gasteiger partial charge in [-0.05, 0) is 47.1 Å². The number of nitrogens with one attached hydrogen (secondary N) is 1. The Morgan fingerprint density at radius 1 is 1.47 bits per heavy atom. The maximum atomic E-state index is 6.06. The van der Waals surface area contributed by atoms with Crippen molar-refractivity contribution in [1.29, 1.82) is 0 Å². The fourth-order valence-corrected chi connectivity index (χ4v) is 3.04. The van der Waals surface area contributed by atoms with Crippen LogP contribution in [-0.2, 0) is 4.74 Å². The third-order valence-electron chi connectivity index (χ3n) is 3.78. The van der Waals surface area contributed by atoms with Crippen LogP contribution in [0.4, 0.5) is 0 Å². The predicted molar refractivity (Wildman–Crippen MR) is 61.8 cm³/mol. The van der Waals surface area contributed by atoms with Crippen molar-refractivity contribution >= 4 is 0 Å². The van der Waals surface area contributed by atoms with Crippen LogP contribution in [0.25, 0.3) is 0 Å². The van der Waals surface area contributed by atoms with Crippen LogP contribution in [0.1, 0.15) is 40.5 Å². The van der Waals surface area contributed by atoms with Gasteiger partial charge in [-0.25, -0.2) is 0 Å². The Labute approximate surface area is 93.2 Å². The normalized spacial score (nSPS) is 43.0. The van der Waals surface area contributed by atoms with Gasteiger partial charge in [-0.15, -0.1) is 0 Å². The van der Waals surface area contributed by atoms with Crippen LogP contribution in [-0.4, -0.2) is 41.9 Å². The van der Waals surface area contributed by atoms with E-state index in [1.807, 2.05) is 0 Å². The average Bonchev–Trinajstić information content (AvgIpc) is 2.72. The first kappa shape index (κ1) is 11.4. The first-order valence-electron chi connectivity index (χ1n) is 6.21. The summed E-state index contributed by atoms with van der Waals surface area (Å²) < 4.78 is 6.06. The smallest absolute Gasteiger partial charge is 0.132 e. The minimum Gasteiger partial charge on any atom is -0.355 e. The minimum atomic E-state index is -0.125. The van der Waals surface area contributed by atoms with Crippen molar-refractivity contribution in [3.05, 3.63) is 0 Å². The molecule has 1 N–H and O–H groups in total. The Morgan fingerprint density at radius 2 is 2.20 bits per heavy atom. The molecule has 0 radical (unpaired) electrons. The van der Waals surface area contributed by atoms with Crippen molar-refractivity contribution in [1.82, 2.24) is 10.2 Å². The highest BCUT2D eigenvalue weighted by atomic mass is 16.5. The molecule has 3 nitrogen and oxygen atoms in total. The number of likely N-dealkylation sites (tertiary alicyclic amines) is 1. The van der Waals surface area contributed by atoms with E-state index in [2.05, 4.69) is 37.9 Å². The standard InChI is InChI=1S/C12H24N2O/c1-9(2)14-7-5-6-11(14)12(4)13-8-10(3)15-12/h9-11,13H,5-8H2,1-4H3. The molecule has 0 saturated carbocycles. The maximum absolute atomic E-state index is 6.06. The lowest BCUT2D eigenvalue weighted by atomic mass is 10.0. The van der Waals surface area contributed by atoms with Crippen molar-refractivity contribution in [2.75, 3.05) is 13.1 Å². The van der Waals surface area contributed by atoms with Crippen molar-refractivity contribution in [2.45, 2.75) is 64.4 Å². The second kappa shape index (κ2) is 4.04. The summed E-state index contributed by atoms with van der Waals surface area (Å²) in [4.78, 5) is 2.57. The van der Waals surface area contributed by atoms with Gasteiger partial charge < -0.3 is 4.74 Å². The lowest BCUT2D eigenvalue weighted by Crippen LogP contribution is -2.56.